The van der Waals surface area contributed by atoms with Crippen LogP contribution in [0.5, 0.6) is 0 Å². The van der Waals surface area contributed by atoms with Gasteiger partial charge in [-0.1, -0.05) is 35.9 Å². The van der Waals surface area contributed by atoms with E-state index in [1.165, 1.54) is 12.1 Å². The predicted molar refractivity (Wildman–Crippen MR) is 88.9 cm³/mol. The normalized spacial score (nSPS) is 10.8. The molecule has 5 heteroatoms. The molecule has 0 atom stereocenters. The maximum atomic E-state index is 13.7. The van der Waals surface area contributed by atoms with Crippen LogP contribution in [-0.4, -0.2) is 12.0 Å². The molecule has 1 N–H and O–H groups in total. The smallest absolute Gasteiger partial charge is 0.254 e. The van der Waals surface area contributed by atoms with Gasteiger partial charge in [0.2, 0.25) is 0 Å². The van der Waals surface area contributed by atoms with Crippen LogP contribution in [-0.2, 0) is 17.9 Å². The molecular formula is C18H19ClFNO2. The van der Waals surface area contributed by atoms with Crippen molar-refractivity contribution in [1.29, 1.82) is 0 Å². The van der Waals surface area contributed by atoms with Gasteiger partial charge in [-0.05, 0) is 43.2 Å². The number of carbonyl (C=O) groups is 1. The largest absolute Gasteiger partial charge is 0.374 e. The van der Waals surface area contributed by atoms with Gasteiger partial charge < -0.3 is 10.1 Å². The van der Waals surface area contributed by atoms with Crippen LogP contribution >= 0.6 is 11.6 Å². The van der Waals surface area contributed by atoms with E-state index in [9.17, 15) is 9.18 Å². The second-order valence-corrected chi connectivity index (χ2v) is 5.92. The number of carbonyl (C=O) groups excluding carboxylic acids is 1. The first-order chi connectivity index (χ1) is 11.0. The second kappa shape index (κ2) is 8.09. The van der Waals surface area contributed by atoms with Crippen molar-refractivity contribution in [3.05, 3.63) is 70.0 Å². The third-order valence-corrected chi connectivity index (χ3v) is 3.44. The van der Waals surface area contributed by atoms with Crippen LogP contribution < -0.4 is 5.32 Å². The molecule has 2 aromatic rings. The highest BCUT2D eigenvalue weighted by Gasteiger charge is 2.11. The molecular weight excluding hydrogens is 317 g/mol. The molecule has 122 valence electrons. The average molecular weight is 336 g/mol. The molecule has 0 aromatic heterocycles. The van der Waals surface area contributed by atoms with E-state index in [0.717, 1.165) is 17.2 Å². The van der Waals surface area contributed by atoms with Crippen molar-refractivity contribution in [3.8, 4) is 0 Å². The summed E-state index contributed by atoms with van der Waals surface area (Å²) in [6.07, 6.45) is 0.159. The van der Waals surface area contributed by atoms with Crippen molar-refractivity contribution in [1.82, 2.24) is 5.32 Å². The minimum absolute atomic E-state index is 0.0197. The Bertz CT molecular complexity index is 688. The summed E-state index contributed by atoms with van der Waals surface area (Å²) >= 11 is 5.68. The quantitative estimate of drug-likeness (QED) is 0.853. The standard InChI is InChI=1S/C18H19ClFNO2/c1-12(2)23-11-14-5-3-4-13(8-14)10-21-18(22)16-7-6-15(19)9-17(16)20/h3-9,12H,10-11H2,1-2H3,(H,21,22). The van der Waals surface area contributed by atoms with Gasteiger partial charge in [-0.25, -0.2) is 4.39 Å². The van der Waals surface area contributed by atoms with Gasteiger partial charge in [-0.2, -0.15) is 0 Å². The fraction of sp³-hybridized carbons (Fsp3) is 0.278. The van der Waals surface area contributed by atoms with Gasteiger partial charge in [0.25, 0.3) is 5.91 Å². The van der Waals surface area contributed by atoms with Gasteiger partial charge in [0, 0.05) is 11.6 Å². The van der Waals surface area contributed by atoms with E-state index in [-0.39, 0.29) is 16.7 Å². The van der Waals surface area contributed by atoms with Crippen LogP contribution in [0.25, 0.3) is 0 Å². The number of nitrogens with one attached hydrogen (secondary N) is 1. The first-order valence-electron chi connectivity index (χ1n) is 7.38. The van der Waals surface area contributed by atoms with Crippen molar-refractivity contribution in [3.63, 3.8) is 0 Å². The monoisotopic (exact) mass is 335 g/mol. The highest BCUT2D eigenvalue weighted by Crippen LogP contribution is 2.15. The summed E-state index contributed by atoms with van der Waals surface area (Å²) in [5.74, 6) is -1.10. The molecule has 2 rings (SSSR count). The van der Waals surface area contributed by atoms with Gasteiger partial charge in [0.15, 0.2) is 0 Å². The Morgan fingerprint density at radius 3 is 2.65 bits per heavy atom. The van der Waals surface area contributed by atoms with Gasteiger partial charge in [-0.3, -0.25) is 4.79 Å². The van der Waals surface area contributed by atoms with E-state index in [0.29, 0.717) is 13.2 Å². The van der Waals surface area contributed by atoms with E-state index in [1.807, 2.05) is 38.1 Å². The van der Waals surface area contributed by atoms with E-state index in [4.69, 9.17) is 16.3 Å². The van der Waals surface area contributed by atoms with Gasteiger partial charge >= 0.3 is 0 Å². The number of ether oxygens (including phenoxy) is 1. The zero-order valence-electron chi connectivity index (χ0n) is 13.1. The van der Waals surface area contributed by atoms with Crippen LogP contribution in [0.4, 0.5) is 4.39 Å². The number of hydrogen-bond donors (Lipinski definition) is 1. The van der Waals surface area contributed by atoms with Crippen molar-refractivity contribution in [2.24, 2.45) is 0 Å². The molecule has 0 saturated heterocycles. The van der Waals surface area contributed by atoms with Crippen molar-refractivity contribution in [2.45, 2.75) is 33.1 Å². The lowest BCUT2D eigenvalue weighted by atomic mass is 10.1. The summed E-state index contributed by atoms with van der Waals surface area (Å²) < 4.78 is 19.3. The first-order valence-corrected chi connectivity index (χ1v) is 7.76. The summed E-state index contributed by atoms with van der Waals surface area (Å²) in [5, 5.41) is 2.97. The third kappa shape index (κ3) is 5.34. The number of amides is 1. The van der Waals surface area contributed by atoms with E-state index < -0.39 is 11.7 Å². The zero-order valence-corrected chi connectivity index (χ0v) is 13.9. The van der Waals surface area contributed by atoms with E-state index >= 15 is 0 Å². The van der Waals surface area contributed by atoms with E-state index in [1.54, 1.807) is 0 Å². The number of benzene rings is 2. The van der Waals surface area contributed by atoms with Crippen LogP contribution in [0.15, 0.2) is 42.5 Å². The first kappa shape index (κ1) is 17.4. The molecule has 0 fully saturated rings. The molecule has 0 radical (unpaired) electrons. The summed E-state index contributed by atoms with van der Waals surface area (Å²) in [5.41, 5.74) is 1.94. The maximum Gasteiger partial charge on any atom is 0.254 e. The number of hydrogen-bond acceptors (Lipinski definition) is 2. The van der Waals surface area contributed by atoms with Gasteiger partial charge in [-0.15, -0.1) is 0 Å². The number of rotatable bonds is 6. The average Bonchev–Trinajstić information content (AvgIpc) is 2.51. The van der Waals surface area contributed by atoms with E-state index in [2.05, 4.69) is 5.32 Å². The zero-order chi connectivity index (χ0) is 16.8. The molecule has 23 heavy (non-hydrogen) atoms. The summed E-state index contributed by atoms with van der Waals surface area (Å²) in [6, 6.07) is 11.7. The Morgan fingerprint density at radius 2 is 1.96 bits per heavy atom. The second-order valence-electron chi connectivity index (χ2n) is 5.49. The van der Waals surface area contributed by atoms with Crippen molar-refractivity contribution >= 4 is 17.5 Å². The van der Waals surface area contributed by atoms with Crippen molar-refractivity contribution < 1.29 is 13.9 Å². The highest BCUT2D eigenvalue weighted by molar-refractivity contribution is 6.30. The van der Waals surface area contributed by atoms with Gasteiger partial charge in [0.1, 0.15) is 5.82 Å². The third-order valence-electron chi connectivity index (χ3n) is 3.20. The Kier molecular flexibility index (Phi) is 6.13. The molecule has 0 unspecified atom stereocenters. The Balaban J connectivity index is 1.97. The summed E-state index contributed by atoms with van der Waals surface area (Å²) in [7, 11) is 0. The molecule has 1 amide bonds. The van der Waals surface area contributed by atoms with Crippen LogP contribution in [0, 0.1) is 5.82 Å². The molecule has 0 aliphatic rings. The van der Waals surface area contributed by atoms with Crippen molar-refractivity contribution in [2.75, 3.05) is 0 Å². The topological polar surface area (TPSA) is 38.3 Å². The summed E-state index contributed by atoms with van der Waals surface area (Å²) in [4.78, 5) is 12.0. The SMILES string of the molecule is CC(C)OCc1cccc(CNC(=O)c2ccc(Cl)cc2F)c1. The summed E-state index contributed by atoms with van der Waals surface area (Å²) in [6.45, 7) is 4.79. The fourth-order valence-corrected chi connectivity index (χ4v) is 2.20. The fourth-order valence-electron chi connectivity index (χ4n) is 2.04. The molecule has 0 saturated carbocycles. The molecule has 0 spiro atoms. The van der Waals surface area contributed by atoms with Gasteiger partial charge in [0.05, 0.1) is 18.3 Å². The highest BCUT2D eigenvalue weighted by atomic mass is 35.5. The lowest BCUT2D eigenvalue weighted by Crippen LogP contribution is -2.23. The molecule has 3 nitrogen and oxygen atoms in total. The maximum absolute atomic E-state index is 13.7. The Labute approximate surface area is 140 Å². The predicted octanol–water partition coefficient (Wildman–Crippen LogP) is 4.33. The minimum Gasteiger partial charge on any atom is -0.374 e. The molecule has 0 aliphatic heterocycles. The molecule has 2 aromatic carbocycles. The Morgan fingerprint density at radius 1 is 1.22 bits per heavy atom. The van der Waals surface area contributed by atoms with Crippen LogP contribution in [0.1, 0.15) is 35.3 Å². The minimum atomic E-state index is -0.630. The lowest BCUT2D eigenvalue weighted by molar-refractivity contribution is 0.0657. The number of halogens is 2. The lowest BCUT2D eigenvalue weighted by Gasteiger charge is -2.10. The molecule has 0 aliphatic carbocycles. The van der Waals surface area contributed by atoms with Crippen LogP contribution in [0.2, 0.25) is 5.02 Å². The molecule has 0 heterocycles. The Hall–Kier alpha value is -1.91. The molecule has 0 bridgehead atoms. The van der Waals surface area contributed by atoms with Crippen LogP contribution in [0.3, 0.4) is 0 Å².